The van der Waals surface area contributed by atoms with Crippen molar-refractivity contribution in [1.82, 2.24) is 0 Å². The van der Waals surface area contributed by atoms with Crippen LogP contribution in [0.25, 0.3) is 0 Å². The second kappa shape index (κ2) is 9.34. The summed E-state index contributed by atoms with van der Waals surface area (Å²) in [4.78, 5) is 10.5. The highest BCUT2D eigenvalue weighted by molar-refractivity contribution is 5.56. The molecule has 7 N–H and O–H groups in total. The molecule has 0 radical (unpaired) electrons. The zero-order chi connectivity index (χ0) is 14.1. The van der Waals surface area contributed by atoms with Crippen LogP contribution in [0.15, 0.2) is 0 Å². The first-order chi connectivity index (χ1) is 8.62. The van der Waals surface area contributed by atoms with Gasteiger partial charge in [-0.3, -0.25) is 0 Å². The normalized spacial score (nSPS) is 33.2. The second-order valence-electron chi connectivity index (χ2n) is 3.63. The van der Waals surface area contributed by atoms with E-state index in [0.29, 0.717) is 6.29 Å². The molecule has 1 fully saturated rings. The lowest BCUT2D eigenvalue weighted by Gasteiger charge is -2.36. The van der Waals surface area contributed by atoms with Gasteiger partial charge in [-0.05, 0) is 7.05 Å². The predicted octanol–water partition coefficient (Wildman–Crippen LogP) is -3.07. The molecule has 5 unspecified atom stereocenters. The Hall–Kier alpha value is -0.610. The third-order valence-electron chi connectivity index (χ3n) is 2.43. The Morgan fingerprint density at radius 1 is 1.50 bits per heavy atom. The van der Waals surface area contributed by atoms with Crippen molar-refractivity contribution in [2.45, 2.75) is 37.1 Å². The minimum absolute atomic E-state index is 0.00575. The molecule has 0 saturated carbocycles. The van der Waals surface area contributed by atoms with E-state index in [9.17, 15) is 15.0 Å². The molecule has 0 aliphatic carbocycles. The Morgan fingerprint density at radius 3 is 2.56 bits per heavy atom. The number of ether oxygens (including phenoxy) is 2. The highest BCUT2D eigenvalue weighted by Gasteiger charge is 2.37. The van der Waals surface area contributed by atoms with Crippen LogP contribution in [0.4, 0.5) is 0 Å². The molecule has 0 aromatic heterocycles. The van der Waals surface area contributed by atoms with E-state index in [1.165, 1.54) is 7.05 Å². The minimum Gasteiger partial charge on any atom is -0.394 e. The average molecular weight is 266 g/mol. The fourth-order valence-electron chi connectivity index (χ4n) is 1.49. The molecule has 1 aliphatic heterocycles. The van der Waals surface area contributed by atoms with Gasteiger partial charge in [0.05, 0.1) is 12.7 Å². The summed E-state index contributed by atoms with van der Waals surface area (Å²) in [5, 5.41) is 27.8. The van der Waals surface area contributed by atoms with Crippen molar-refractivity contribution < 1.29 is 29.6 Å². The molecule has 0 aromatic carbocycles. The van der Waals surface area contributed by atoms with Gasteiger partial charge in [0.15, 0.2) is 6.29 Å². The van der Waals surface area contributed by atoms with Crippen molar-refractivity contribution in [2.75, 3.05) is 20.2 Å². The van der Waals surface area contributed by atoms with Gasteiger partial charge >= 0.3 is 0 Å². The number of hydrogen-bond donors (Lipinski definition) is 5. The molecule has 0 bridgehead atoms. The highest BCUT2D eigenvalue weighted by atomic mass is 16.7. The summed E-state index contributed by atoms with van der Waals surface area (Å²) < 4.78 is 10.3. The van der Waals surface area contributed by atoms with Crippen molar-refractivity contribution >= 4 is 6.29 Å². The van der Waals surface area contributed by atoms with Gasteiger partial charge < -0.3 is 41.1 Å². The first kappa shape index (κ1) is 17.4. The van der Waals surface area contributed by atoms with Crippen LogP contribution < -0.4 is 11.5 Å². The zero-order valence-electron chi connectivity index (χ0n) is 10.3. The molecule has 8 heteroatoms. The van der Waals surface area contributed by atoms with Crippen LogP contribution in [0.3, 0.4) is 0 Å². The summed E-state index contributed by atoms with van der Waals surface area (Å²) in [6.07, 6.45) is -4.23. The molecule has 5 atom stereocenters. The summed E-state index contributed by atoms with van der Waals surface area (Å²) in [6, 6.07) is 0. The predicted molar refractivity (Wildman–Crippen MR) is 62.5 cm³/mol. The fourth-order valence-corrected chi connectivity index (χ4v) is 1.49. The lowest BCUT2D eigenvalue weighted by Crippen LogP contribution is -2.51. The lowest BCUT2D eigenvalue weighted by atomic mass is 10.0. The Labute approximate surface area is 105 Å². The molecule has 0 spiro atoms. The van der Waals surface area contributed by atoms with Crippen LogP contribution >= 0.6 is 0 Å². The third-order valence-corrected chi connectivity index (χ3v) is 2.43. The number of aliphatic hydroxyl groups is 3. The largest absolute Gasteiger partial charge is 0.394 e. The monoisotopic (exact) mass is 266 g/mol. The molecule has 1 heterocycles. The van der Waals surface area contributed by atoms with E-state index in [0.717, 1.165) is 0 Å². The summed E-state index contributed by atoms with van der Waals surface area (Å²) in [6.45, 7) is -0.432. The van der Waals surface area contributed by atoms with Crippen LogP contribution in [-0.4, -0.2) is 72.5 Å². The van der Waals surface area contributed by atoms with Gasteiger partial charge in [-0.15, -0.1) is 0 Å². The quantitative estimate of drug-likeness (QED) is 0.329. The summed E-state index contributed by atoms with van der Waals surface area (Å²) in [5.41, 5.74) is 9.76. The number of rotatable bonds is 5. The van der Waals surface area contributed by atoms with E-state index in [1.54, 1.807) is 0 Å². The van der Waals surface area contributed by atoms with Crippen molar-refractivity contribution in [1.29, 1.82) is 0 Å². The van der Waals surface area contributed by atoms with Gasteiger partial charge in [0.25, 0.3) is 0 Å². The number of nitrogens with two attached hydrogens (primary N) is 2. The minimum atomic E-state index is -1.16. The van der Waals surface area contributed by atoms with Gasteiger partial charge in [-0.25, -0.2) is 0 Å². The van der Waals surface area contributed by atoms with Crippen molar-refractivity contribution in [3.63, 3.8) is 0 Å². The van der Waals surface area contributed by atoms with E-state index in [1.807, 2.05) is 0 Å². The Bertz CT molecular complexity index is 230. The van der Waals surface area contributed by atoms with Gasteiger partial charge in [-0.2, -0.15) is 0 Å². The molecule has 18 heavy (non-hydrogen) atoms. The maximum atomic E-state index is 10.5. The van der Waals surface area contributed by atoms with E-state index in [4.69, 9.17) is 20.3 Å². The second-order valence-corrected chi connectivity index (χ2v) is 3.63. The van der Waals surface area contributed by atoms with Gasteiger partial charge in [0, 0.05) is 13.0 Å². The van der Waals surface area contributed by atoms with E-state index in [2.05, 4.69) is 5.73 Å². The maximum Gasteiger partial charge on any atom is 0.161 e. The van der Waals surface area contributed by atoms with Crippen molar-refractivity contribution in [2.24, 2.45) is 11.5 Å². The summed E-state index contributed by atoms with van der Waals surface area (Å²) in [5.74, 6) is 0. The summed E-state index contributed by atoms with van der Waals surface area (Å²) in [7, 11) is 1.50. The maximum absolute atomic E-state index is 10.5. The number of carbonyl (C=O) groups excluding carboxylic acids is 1. The van der Waals surface area contributed by atoms with Crippen molar-refractivity contribution in [3.05, 3.63) is 0 Å². The highest BCUT2D eigenvalue weighted by Crippen LogP contribution is 2.21. The smallest absolute Gasteiger partial charge is 0.161 e. The molecule has 108 valence electrons. The van der Waals surface area contributed by atoms with Gasteiger partial charge in [0.2, 0.25) is 0 Å². The van der Waals surface area contributed by atoms with Crippen LogP contribution in [-0.2, 0) is 14.3 Å². The average Bonchev–Trinajstić information content (AvgIpc) is 2.42. The van der Waals surface area contributed by atoms with Crippen molar-refractivity contribution in [3.8, 4) is 0 Å². The van der Waals surface area contributed by atoms with E-state index >= 15 is 0 Å². The number of hydrogen-bond acceptors (Lipinski definition) is 8. The van der Waals surface area contributed by atoms with Crippen LogP contribution in [0, 0.1) is 0 Å². The molecule has 1 rings (SSSR count). The van der Waals surface area contributed by atoms with Gasteiger partial charge in [-0.1, -0.05) is 0 Å². The zero-order valence-corrected chi connectivity index (χ0v) is 10.3. The number of aliphatic hydroxyl groups excluding tert-OH is 3. The standard InChI is InChI=1S/C9H17NO6.CH5N/c10-2-5(3-11)15-8-1-6(13)9(14)7(4-12)16-8;1-2/h3,5-9,12-14H,1-2,4,10H2;2H2,1H3. The fraction of sp³-hybridized carbons (Fsp3) is 0.900. The Balaban J connectivity index is 0.00000137. The molecule has 0 amide bonds. The lowest BCUT2D eigenvalue weighted by molar-refractivity contribution is -0.264. The Kier molecular flexibility index (Phi) is 9.02. The Morgan fingerprint density at radius 2 is 2.11 bits per heavy atom. The summed E-state index contributed by atoms with van der Waals surface area (Å²) >= 11 is 0. The van der Waals surface area contributed by atoms with E-state index < -0.39 is 37.3 Å². The van der Waals surface area contributed by atoms with E-state index in [-0.39, 0.29) is 13.0 Å². The molecule has 1 saturated heterocycles. The molecular formula is C10H22N2O6. The first-order valence-corrected chi connectivity index (χ1v) is 5.63. The number of carbonyl (C=O) groups is 1. The van der Waals surface area contributed by atoms with Crippen LogP contribution in [0.1, 0.15) is 6.42 Å². The number of aldehydes is 1. The molecule has 1 aliphatic rings. The van der Waals surface area contributed by atoms with Crippen LogP contribution in [0.5, 0.6) is 0 Å². The SMILES string of the molecule is CN.NCC(C=O)OC1CC(O)C(O)C(CO)O1. The molecule has 0 aromatic rings. The topological polar surface area (TPSA) is 148 Å². The molecule has 8 nitrogen and oxygen atoms in total. The third kappa shape index (κ3) is 4.94. The van der Waals surface area contributed by atoms with Crippen LogP contribution in [0.2, 0.25) is 0 Å². The molecular weight excluding hydrogens is 244 g/mol. The van der Waals surface area contributed by atoms with Gasteiger partial charge in [0.1, 0.15) is 24.6 Å². The first-order valence-electron chi connectivity index (χ1n) is 5.63.